The molecule has 5 nitrogen and oxygen atoms in total. The minimum absolute atomic E-state index is 0.0856. The highest BCUT2D eigenvalue weighted by atomic mass is 16.6. The number of carbonyl (C=O) groups excluding carboxylic acids is 2. The number of fused-ring (bicyclic) bond motifs is 1. The summed E-state index contributed by atoms with van der Waals surface area (Å²) in [6.07, 6.45) is 5.79. The van der Waals surface area contributed by atoms with Crippen molar-refractivity contribution >= 4 is 17.7 Å². The molecule has 2 aliphatic rings. The van der Waals surface area contributed by atoms with Crippen molar-refractivity contribution in [3.05, 3.63) is 60.2 Å². The number of anilines is 1. The number of likely N-dealkylation sites (tertiary alicyclic amines) is 1. The van der Waals surface area contributed by atoms with Gasteiger partial charge in [0, 0.05) is 24.3 Å². The molecule has 1 aliphatic carbocycles. The van der Waals surface area contributed by atoms with Crippen molar-refractivity contribution in [1.82, 2.24) is 4.90 Å². The van der Waals surface area contributed by atoms with Crippen LogP contribution in [0.15, 0.2) is 54.6 Å². The molecule has 1 N–H and O–H groups in total. The first-order valence-corrected chi connectivity index (χ1v) is 10.1. The number of rotatable bonds is 3. The molecule has 5 heteroatoms. The fourth-order valence-electron chi connectivity index (χ4n) is 4.40. The number of nitrogens with one attached hydrogen (secondary N) is 1. The van der Waals surface area contributed by atoms with E-state index in [-0.39, 0.29) is 5.91 Å². The van der Waals surface area contributed by atoms with Crippen molar-refractivity contribution in [3.63, 3.8) is 0 Å². The monoisotopic (exact) mass is 378 g/mol. The van der Waals surface area contributed by atoms with E-state index < -0.39 is 6.09 Å². The van der Waals surface area contributed by atoms with Crippen molar-refractivity contribution in [2.75, 3.05) is 18.4 Å². The standard InChI is InChI=1S/C23H26N2O3/c26-22(25-15-14-17-6-4-5-7-19(17)16-25)18-10-12-20(13-11-18)24-23(27)28-21-8-2-1-3-9-21/h1-3,8-13,17,19H,4-7,14-16H2,(H,24,27)/t17-,19+/m1/s1. The van der Waals surface area contributed by atoms with Gasteiger partial charge in [-0.05, 0) is 61.1 Å². The third-order valence-corrected chi connectivity index (χ3v) is 5.91. The first kappa shape index (κ1) is 18.5. The van der Waals surface area contributed by atoms with E-state index in [1.165, 1.54) is 25.7 Å². The molecule has 2 amide bonds. The first-order chi connectivity index (χ1) is 13.7. The van der Waals surface area contributed by atoms with Crippen LogP contribution < -0.4 is 10.1 Å². The molecule has 0 unspecified atom stereocenters. The predicted molar refractivity (Wildman–Crippen MR) is 108 cm³/mol. The van der Waals surface area contributed by atoms with Crippen molar-refractivity contribution in [3.8, 4) is 5.75 Å². The zero-order valence-electron chi connectivity index (χ0n) is 16.0. The van der Waals surface area contributed by atoms with Gasteiger partial charge in [-0.15, -0.1) is 0 Å². The zero-order valence-corrected chi connectivity index (χ0v) is 16.0. The van der Waals surface area contributed by atoms with Gasteiger partial charge in [-0.3, -0.25) is 10.1 Å². The molecule has 1 heterocycles. The summed E-state index contributed by atoms with van der Waals surface area (Å²) in [7, 11) is 0. The van der Waals surface area contributed by atoms with Gasteiger partial charge in [-0.1, -0.05) is 37.5 Å². The Balaban J connectivity index is 1.33. The average Bonchev–Trinajstić information content (AvgIpc) is 2.74. The van der Waals surface area contributed by atoms with Gasteiger partial charge >= 0.3 is 6.09 Å². The van der Waals surface area contributed by atoms with Gasteiger partial charge in [-0.2, -0.15) is 0 Å². The second-order valence-corrected chi connectivity index (χ2v) is 7.75. The fraction of sp³-hybridized carbons (Fsp3) is 0.391. The van der Waals surface area contributed by atoms with Crippen LogP contribution in [0.3, 0.4) is 0 Å². The summed E-state index contributed by atoms with van der Waals surface area (Å²) < 4.78 is 5.22. The molecule has 2 atom stereocenters. The molecule has 2 aromatic rings. The molecule has 0 aromatic heterocycles. The molecule has 2 fully saturated rings. The van der Waals surface area contributed by atoms with Crippen LogP contribution in [-0.2, 0) is 0 Å². The number of benzene rings is 2. The minimum atomic E-state index is -0.551. The average molecular weight is 378 g/mol. The maximum Gasteiger partial charge on any atom is 0.417 e. The highest BCUT2D eigenvalue weighted by Crippen LogP contribution is 2.36. The Labute approximate surface area is 165 Å². The van der Waals surface area contributed by atoms with Gasteiger partial charge in [0.2, 0.25) is 0 Å². The molecule has 2 aromatic carbocycles. The lowest BCUT2D eigenvalue weighted by Crippen LogP contribution is -2.44. The van der Waals surface area contributed by atoms with Gasteiger partial charge in [-0.25, -0.2) is 4.79 Å². The Bertz CT molecular complexity index is 820. The molecule has 1 aliphatic heterocycles. The minimum Gasteiger partial charge on any atom is -0.410 e. The summed E-state index contributed by atoms with van der Waals surface area (Å²) in [4.78, 5) is 26.8. The van der Waals surface area contributed by atoms with E-state index in [4.69, 9.17) is 4.74 Å². The third kappa shape index (κ3) is 4.35. The van der Waals surface area contributed by atoms with Crippen LogP contribution in [0.5, 0.6) is 5.75 Å². The van der Waals surface area contributed by atoms with Crippen LogP contribution in [-0.4, -0.2) is 30.0 Å². The molecular weight excluding hydrogens is 352 g/mol. The van der Waals surface area contributed by atoms with Crippen LogP contribution in [0.25, 0.3) is 0 Å². The highest BCUT2D eigenvalue weighted by Gasteiger charge is 2.33. The smallest absolute Gasteiger partial charge is 0.410 e. The summed E-state index contributed by atoms with van der Waals surface area (Å²) in [6, 6.07) is 15.9. The third-order valence-electron chi connectivity index (χ3n) is 5.91. The number of nitrogens with zero attached hydrogens (tertiary/aromatic N) is 1. The largest absolute Gasteiger partial charge is 0.417 e. The molecular formula is C23H26N2O3. The number of hydrogen-bond acceptors (Lipinski definition) is 3. The maximum absolute atomic E-state index is 12.9. The number of hydrogen-bond donors (Lipinski definition) is 1. The van der Waals surface area contributed by atoms with E-state index in [0.717, 1.165) is 25.4 Å². The van der Waals surface area contributed by atoms with Gasteiger partial charge in [0.1, 0.15) is 5.75 Å². The Kier molecular flexibility index (Phi) is 5.60. The highest BCUT2D eigenvalue weighted by molar-refractivity contribution is 5.95. The number of para-hydroxylation sites is 1. The van der Waals surface area contributed by atoms with Gasteiger partial charge in [0.25, 0.3) is 5.91 Å². The predicted octanol–water partition coefficient (Wildman–Crippen LogP) is 4.95. The zero-order chi connectivity index (χ0) is 19.3. The molecule has 28 heavy (non-hydrogen) atoms. The number of ether oxygens (including phenoxy) is 1. The number of amides is 2. The van der Waals surface area contributed by atoms with Gasteiger partial charge in [0.05, 0.1) is 0 Å². The van der Waals surface area contributed by atoms with Crippen LogP contribution in [0.1, 0.15) is 42.5 Å². The normalized spacial score (nSPS) is 21.5. The summed E-state index contributed by atoms with van der Waals surface area (Å²) in [5, 5.41) is 2.69. The number of carbonyl (C=O) groups is 2. The summed E-state index contributed by atoms with van der Waals surface area (Å²) >= 11 is 0. The molecule has 4 rings (SSSR count). The van der Waals surface area contributed by atoms with E-state index in [9.17, 15) is 9.59 Å². The van der Waals surface area contributed by atoms with Crippen molar-refractivity contribution in [1.29, 1.82) is 0 Å². The Morgan fingerprint density at radius 3 is 2.36 bits per heavy atom. The van der Waals surface area contributed by atoms with E-state index >= 15 is 0 Å². The lowest BCUT2D eigenvalue weighted by Gasteiger charge is -2.41. The molecule has 1 saturated carbocycles. The molecule has 146 valence electrons. The van der Waals surface area contributed by atoms with Crippen molar-refractivity contribution in [2.45, 2.75) is 32.1 Å². The quantitative estimate of drug-likeness (QED) is 0.822. The Morgan fingerprint density at radius 1 is 0.893 bits per heavy atom. The maximum atomic E-state index is 12.9. The Hall–Kier alpha value is -2.82. The number of piperidine rings is 1. The lowest BCUT2D eigenvalue weighted by molar-refractivity contribution is 0.0521. The lowest BCUT2D eigenvalue weighted by atomic mass is 9.75. The van der Waals surface area contributed by atoms with Crippen molar-refractivity contribution in [2.24, 2.45) is 11.8 Å². The van der Waals surface area contributed by atoms with Crippen molar-refractivity contribution < 1.29 is 14.3 Å². The van der Waals surface area contributed by atoms with Crippen LogP contribution in [0.4, 0.5) is 10.5 Å². The topological polar surface area (TPSA) is 58.6 Å². The van der Waals surface area contributed by atoms with Crippen LogP contribution >= 0.6 is 0 Å². The van der Waals surface area contributed by atoms with Gasteiger partial charge < -0.3 is 9.64 Å². The van der Waals surface area contributed by atoms with Crippen LogP contribution in [0.2, 0.25) is 0 Å². The summed E-state index contributed by atoms with van der Waals surface area (Å²) in [5.41, 5.74) is 1.26. The SMILES string of the molecule is O=C(Nc1ccc(C(=O)N2CC[C@H]3CCCC[C@H]3C2)cc1)Oc1ccccc1. The second-order valence-electron chi connectivity index (χ2n) is 7.75. The molecule has 0 radical (unpaired) electrons. The molecule has 1 saturated heterocycles. The van der Waals surface area contributed by atoms with Gasteiger partial charge in [0.15, 0.2) is 0 Å². The Morgan fingerprint density at radius 2 is 1.61 bits per heavy atom. The fourth-order valence-corrected chi connectivity index (χ4v) is 4.40. The van der Waals surface area contributed by atoms with E-state index in [1.54, 1.807) is 48.5 Å². The summed E-state index contributed by atoms with van der Waals surface area (Å²) in [5.74, 6) is 2.04. The van der Waals surface area contributed by atoms with E-state index in [2.05, 4.69) is 5.32 Å². The van der Waals surface area contributed by atoms with E-state index in [1.807, 2.05) is 11.0 Å². The molecule has 0 spiro atoms. The van der Waals surface area contributed by atoms with Crippen LogP contribution in [0, 0.1) is 11.8 Å². The first-order valence-electron chi connectivity index (χ1n) is 10.1. The van der Waals surface area contributed by atoms with E-state index in [0.29, 0.717) is 22.9 Å². The molecule has 0 bridgehead atoms. The summed E-state index contributed by atoms with van der Waals surface area (Å²) in [6.45, 7) is 1.73. The second kappa shape index (κ2) is 8.46.